The normalized spacial score (nSPS) is 10.7. The van der Waals surface area contributed by atoms with Crippen LogP contribution in [0.4, 0.5) is 23.0 Å². The molecule has 0 saturated carbocycles. The Morgan fingerprint density at radius 1 is 0.838 bits per heavy atom. The second kappa shape index (κ2) is 11.2. The van der Waals surface area contributed by atoms with Gasteiger partial charge in [-0.15, -0.1) is 0 Å². The van der Waals surface area contributed by atoms with Gasteiger partial charge in [-0.1, -0.05) is 60.3 Å². The first kappa shape index (κ1) is 24.4. The van der Waals surface area contributed by atoms with Crippen molar-refractivity contribution in [1.82, 2.24) is 19.9 Å². The number of aromatic amines is 1. The molecule has 2 aromatic heterocycles. The first-order chi connectivity index (χ1) is 18.0. The third kappa shape index (κ3) is 6.29. The summed E-state index contributed by atoms with van der Waals surface area (Å²) < 4.78 is 0. The molecule has 0 aliphatic heterocycles. The van der Waals surface area contributed by atoms with Gasteiger partial charge in [0.25, 0.3) is 5.56 Å². The van der Waals surface area contributed by atoms with Crippen LogP contribution in [0.3, 0.4) is 0 Å². The standard InChI is InChI=1S/C27H23N7OS2/c1-17-22-23(33-27(34-24(22)35)37-16-18-8-4-2-5-9-18)32-25(28-17)29-20-12-14-21(15-13-20)31-26(36)30-19-10-6-3-7-11-19/h2-15H,16H2,1H3,(H2,30,31,36)(H2,28,29,32,33,34,35). The molecule has 5 aromatic rings. The summed E-state index contributed by atoms with van der Waals surface area (Å²) in [6.45, 7) is 1.77. The Labute approximate surface area is 223 Å². The molecule has 10 heteroatoms. The van der Waals surface area contributed by atoms with Crippen molar-refractivity contribution in [3.63, 3.8) is 0 Å². The number of hydrogen-bond donors (Lipinski definition) is 4. The number of nitrogens with one attached hydrogen (secondary N) is 4. The van der Waals surface area contributed by atoms with Gasteiger partial charge < -0.3 is 20.9 Å². The summed E-state index contributed by atoms with van der Waals surface area (Å²) in [5, 5.41) is 10.9. The summed E-state index contributed by atoms with van der Waals surface area (Å²) in [6.07, 6.45) is 0. The highest BCUT2D eigenvalue weighted by Gasteiger charge is 2.12. The molecular weight excluding hydrogens is 502 g/mol. The van der Waals surface area contributed by atoms with Crippen molar-refractivity contribution in [2.24, 2.45) is 0 Å². The fourth-order valence-electron chi connectivity index (χ4n) is 3.62. The number of aromatic nitrogens is 4. The molecule has 0 radical (unpaired) electrons. The molecule has 3 aromatic carbocycles. The van der Waals surface area contributed by atoms with Crippen LogP contribution in [0.5, 0.6) is 0 Å². The zero-order valence-electron chi connectivity index (χ0n) is 19.9. The first-order valence-electron chi connectivity index (χ1n) is 11.5. The highest BCUT2D eigenvalue weighted by molar-refractivity contribution is 7.98. The molecule has 2 heterocycles. The minimum Gasteiger partial charge on any atom is -0.332 e. The number of rotatable bonds is 7. The van der Waals surface area contributed by atoms with E-state index in [0.717, 1.165) is 22.6 Å². The summed E-state index contributed by atoms with van der Waals surface area (Å²) in [4.78, 5) is 29.1. The van der Waals surface area contributed by atoms with E-state index >= 15 is 0 Å². The Balaban J connectivity index is 1.28. The quantitative estimate of drug-likeness (QED) is 0.118. The summed E-state index contributed by atoms with van der Waals surface area (Å²) in [5.74, 6) is 1.05. The van der Waals surface area contributed by atoms with Crippen LogP contribution in [-0.4, -0.2) is 25.0 Å². The van der Waals surface area contributed by atoms with Gasteiger partial charge >= 0.3 is 0 Å². The number of hydrogen-bond acceptors (Lipinski definition) is 7. The molecule has 8 nitrogen and oxygen atoms in total. The van der Waals surface area contributed by atoms with E-state index in [4.69, 9.17) is 12.2 Å². The number of para-hydroxylation sites is 1. The lowest BCUT2D eigenvalue weighted by atomic mass is 10.2. The van der Waals surface area contributed by atoms with Gasteiger partial charge in [0, 0.05) is 22.8 Å². The lowest BCUT2D eigenvalue weighted by Gasteiger charge is -2.12. The Hall–Kier alpha value is -4.28. The van der Waals surface area contributed by atoms with E-state index < -0.39 is 0 Å². The fourth-order valence-corrected chi connectivity index (χ4v) is 4.67. The number of fused-ring (bicyclic) bond motifs is 1. The van der Waals surface area contributed by atoms with Crippen molar-refractivity contribution in [1.29, 1.82) is 0 Å². The van der Waals surface area contributed by atoms with Crippen LogP contribution >= 0.6 is 24.0 Å². The van der Waals surface area contributed by atoms with E-state index in [-0.39, 0.29) is 5.56 Å². The van der Waals surface area contributed by atoms with E-state index in [0.29, 0.717) is 38.7 Å². The maximum Gasteiger partial charge on any atom is 0.262 e. The zero-order chi connectivity index (χ0) is 25.6. The van der Waals surface area contributed by atoms with E-state index in [2.05, 4.69) is 35.9 Å². The summed E-state index contributed by atoms with van der Waals surface area (Å²) >= 11 is 6.84. The molecule has 4 N–H and O–H groups in total. The smallest absolute Gasteiger partial charge is 0.262 e. The van der Waals surface area contributed by atoms with Crippen molar-refractivity contribution >= 4 is 63.1 Å². The number of nitrogens with zero attached hydrogens (tertiary/aromatic N) is 3. The van der Waals surface area contributed by atoms with Gasteiger partial charge in [0.05, 0.1) is 5.69 Å². The molecule has 184 valence electrons. The Morgan fingerprint density at radius 2 is 1.46 bits per heavy atom. The van der Waals surface area contributed by atoms with E-state index in [1.165, 1.54) is 11.8 Å². The highest BCUT2D eigenvalue weighted by Crippen LogP contribution is 2.22. The molecule has 0 spiro atoms. The summed E-state index contributed by atoms with van der Waals surface area (Å²) in [7, 11) is 0. The average molecular weight is 526 g/mol. The topological polar surface area (TPSA) is 108 Å². The monoisotopic (exact) mass is 525 g/mol. The van der Waals surface area contributed by atoms with Crippen molar-refractivity contribution < 1.29 is 0 Å². The van der Waals surface area contributed by atoms with Crippen LogP contribution in [0.15, 0.2) is 94.9 Å². The number of thiocarbonyl (C=S) groups is 1. The van der Waals surface area contributed by atoms with E-state index in [9.17, 15) is 4.79 Å². The largest absolute Gasteiger partial charge is 0.332 e. The van der Waals surface area contributed by atoms with Gasteiger partial charge in [-0.2, -0.15) is 4.98 Å². The van der Waals surface area contributed by atoms with E-state index in [1.807, 2.05) is 84.9 Å². The fraction of sp³-hybridized carbons (Fsp3) is 0.0741. The molecule has 0 bridgehead atoms. The van der Waals surface area contributed by atoms with Gasteiger partial charge in [0.2, 0.25) is 5.95 Å². The highest BCUT2D eigenvalue weighted by atomic mass is 32.2. The number of anilines is 4. The lowest BCUT2D eigenvalue weighted by molar-refractivity contribution is 0.949. The Bertz CT molecular complexity index is 1590. The van der Waals surface area contributed by atoms with Crippen molar-refractivity contribution in [3.8, 4) is 0 Å². The molecule has 0 fully saturated rings. The lowest BCUT2D eigenvalue weighted by Crippen LogP contribution is -2.18. The number of benzene rings is 3. The molecule has 0 aliphatic rings. The predicted molar refractivity (Wildman–Crippen MR) is 155 cm³/mol. The Kier molecular flexibility index (Phi) is 7.38. The number of thioether (sulfide) groups is 1. The minimum atomic E-state index is -0.250. The van der Waals surface area contributed by atoms with Crippen LogP contribution < -0.4 is 21.5 Å². The number of H-pyrrole nitrogens is 1. The molecule has 37 heavy (non-hydrogen) atoms. The Morgan fingerprint density at radius 3 is 2.16 bits per heavy atom. The van der Waals surface area contributed by atoms with Crippen LogP contribution in [0, 0.1) is 6.92 Å². The molecule has 0 amide bonds. The van der Waals surface area contributed by atoms with E-state index in [1.54, 1.807) is 6.92 Å². The van der Waals surface area contributed by atoms with Crippen LogP contribution in [-0.2, 0) is 5.75 Å². The summed E-state index contributed by atoms with van der Waals surface area (Å²) in [6, 6.07) is 27.3. The van der Waals surface area contributed by atoms with Gasteiger partial charge in [-0.25, -0.2) is 9.97 Å². The molecule has 0 aliphatic carbocycles. The van der Waals surface area contributed by atoms with Crippen LogP contribution in [0.1, 0.15) is 11.3 Å². The molecule has 0 unspecified atom stereocenters. The second-order valence-electron chi connectivity index (χ2n) is 8.12. The maximum atomic E-state index is 12.7. The molecular formula is C27H23N7OS2. The minimum absolute atomic E-state index is 0.250. The molecule has 0 saturated heterocycles. The van der Waals surface area contributed by atoms with Gasteiger partial charge in [-0.3, -0.25) is 4.79 Å². The molecule has 5 rings (SSSR count). The first-order valence-corrected chi connectivity index (χ1v) is 12.9. The maximum absolute atomic E-state index is 12.7. The van der Waals surface area contributed by atoms with Crippen LogP contribution in [0.25, 0.3) is 11.0 Å². The van der Waals surface area contributed by atoms with Crippen molar-refractivity contribution in [2.45, 2.75) is 17.8 Å². The van der Waals surface area contributed by atoms with Crippen LogP contribution in [0.2, 0.25) is 0 Å². The number of aryl methyl sites for hydroxylation is 1. The van der Waals surface area contributed by atoms with Crippen molar-refractivity contribution in [2.75, 3.05) is 16.0 Å². The van der Waals surface area contributed by atoms with Gasteiger partial charge in [-0.05, 0) is 61.1 Å². The van der Waals surface area contributed by atoms with Gasteiger partial charge in [0.1, 0.15) is 5.39 Å². The third-order valence-corrected chi connectivity index (χ3v) is 6.52. The zero-order valence-corrected chi connectivity index (χ0v) is 21.5. The van der Waals surface area contributed by atoms with Crippen molar-refractivity contribution in [3.05, 3.63) is 107 Å². The average Bonchev–Trinajstić information content (AvgIpc) is 2.89. The second-order valence-corrected chi connectivity index (χ2v) is 9.50. The SMILES string of the molecule is Cc1nc(Nc2ccc(NC(=S)Nc3ccccc3)cc2)nc2nc(SCc3ccccc3)[nH]c(=O)c12. The van der Waals surface area contributed by atoms with Gasteiger partial charge in [0.15, 0.2) is 15.9 Å². The summed E-state index contributed by atoms with van der Waals surface area (Å²) in [5.41, 5.74) is 4.33. The molecule has 0 atom stereocenters. The predicted octanol–water partition coefficient (Wildman–Crippen LogP) is 5.87. The third-order valence-electron chi connectivity index (χ3n) is 5.37.